The van der Waals surface area contributed by atoms with Crippen LogP contribution in [0.15, 0.2) is 53.3 Å². The molecular weight excluding hydrogens is 342 g/mol. The number of carbonyl (C=O) groups excluding carboxylic acids is 1. The number of aromatic nitrogens is 2. The minimum atomic E-state index is -0.735. The fraction of sp³-hybridized carbons (Fsp3) is 0.105. The lowest BCUT2D eigenvalue weighted by molar-refractivity contribution is 0.112. The first-order valence-electron chi connectivity index (χ1n) is 7.71. The molecule has 0 aliphatic heterocycles. The second kappa shape index (κ2) is 7.26. The van der Waals surface area contributed by atoms with Crippen molar-refractivity contribution in [2.75, 3.05) is 0 Å². The molecule has 26 heavy (non-hydrogen) atoms. The predicted octanol–water partition coefficient (Wildman–Crippen LogP) is 3.21. The van der Waals surface area contributed by atoms with Gasteiger partial charge in [0.25, 0.3) is 5.56 Å². The molecule has 0 spiro atoms. The van der Waals surface area contributed by atoms with Gasteiger partial charge in [0, 0.05) is 17.2 Å². The van der Waals surface area contributed by atoms with Crippen molar-refractivity contribution in [1.82, 2.24) is 9.55 Å². The lowest BCUT2D eigenvalue weighted by Gasteiger charge is -2.12. The Labute approximate surface area is 147 Å². The average molecular weight is 356 g/mol. The number of benzene rings is 2. The molecule has 0 saturated carbocycles. The van der Waals surface area contributed by atoms with Crippen molar-refractivity contribution in [1.29, 1.82) is 0 Å². The van der Waals surface area contributed by atoms with Gasteiger partial charge in [-0.05, 0) is 31.2 Å². The highest BCUT2D eigenvalue weighted by Crippen LogP contribution is 2.15. The van der Waals surface area contributed by atoms with Crippen LogP contribution in [-0.2, 0) is 6.61 Å². The topological polar surface area (TPSA) is 61.2 Å². The third-order valence-corrected chi connectivity index (χ3v) is 3.72. The Morgan fingerprint density at radius 2 is 1.96 bits per heavy atom. The van der Waals surface area contributed by atoms with E-state index in [1.807, 2.05) is 0 Å². The third kappa shape index (κ3) is 3.66. The monoisotopic (exact) mass is 356 g/mol. The number of nitrogens with zero attached hydrogens (tertiary/aromatic N) is 2. The van der Waals surface area contributed by atoms with Gasteiger partial charge in [0.2, 0.25) is 5.88 Å². The van der Waals surface area contributed by atoms with Crippen molar-refractivity contribution in [3.05, 3.63) is 87.5 Å². The second-order valence-electron chi connectivity index (χ2n) is 5.55. The average Bonchev–Trinajstić information content (AvgIpc) is 2.60. The number of aryl methyl sites for hydroxylation is 1. The minimum Gasteiger partial charge on any atom is -0.472 e. The van der Waals surface area contributed by atoms with Gasteiger partial charge in [-0.1, -0.05) is 12.1 Å². The summed E-state index contributed by atoms with van der Waals surface area (Å²) in [7, 11) is 0. The molecule has 0 fully saturated rings. The number of hydrogen-bond donors (Lipinski definition) is 0. The largest absolute Gasteiger partial charge is 0.472 e. The molecule has 0 amide bonds. The van der Waals surface area contributed by atoms with Crippen LogP contribution in [0, 0.1) is 18.6 Å². The van der Waals surface area contributed by atoms with Crippen LogP contribution in [0.3, 0.4) is 0 Å². The highest BCUT2D eigenvalue weighted by molar-refractivity contribution is 5.75. The van der Waals surface area contributed by atoms with E-state index in [9.17, 15) is 18.4 Å². The first-order chi connectivity index (χ1) is 12.5. The summed E-state index contributed by atoms with van der Waals surface area (Å²) >= 11 is 0. The molecule has 1 aromatic heterocycles. The van der Waals surface area contributed by atoms with Crippen molar-refractivity contribution < 1.29 is 18.3 Å². The van der Waals surface area contributed by atoms with Gasteiger partial charge in [-0.25, -0.2) is 8.78 Å². The summed E-state index contributed by atoms with van der Waals surface area (Å²) in [5, 5.41) is 0. The molecule has 0 aliphatic rings. The first kappa shape index (κ1) is 17.5. The number of hydrogen-bond acceptors (Lipinski definition) is 4. The Morgan fingerprint density at radius 1 is 1.15 bits per heavy atom. The summed E-state index contributed by atoms with van der Waals surface area (Å²) in [5.41, 5.74) is 0.672. The second-order valence-corrected chi connectivity index (χ2v) is 5.55. The number of rotatable bonds is 5. The van der Waals surface area contributed by atoms with Crippen LogP contribution in [0.2, 0.25) is 0 Å². The molecule has 7 heteroatoms. The van der Waals surface area contributed by atoms with Crippen LogP contribution in [0.4, 0.5) is 8.78 Å². The van der Waals surface area contributed by atoms with Crippen molar-refractivity contribution in [2.24, 2.45) is 0 Å². The van der Waals surface area contributed by atoms with E-state index < -0.39 is 17.2 Å². The van der Waals surface area contributed by atoms with Crippen LogP contribution < -0.4 is 10.3 Å². The van der Waals surface area contributed by atoms with Crippen LogP contribution in [-0.4, -0.2) is 15.8 Å². The smallest absolute Gasteiger partial charge is 0.261 e. The van der Waals surface area contributed by atoms with Gasteiger partial charge in [-0.15, -0.1) is 0 Å². The molecule has 0 atom stereocenters. The number of aldehydes is 1. The molecule has 132 valence electrons. The molecule has 0 saturated heterocycles. The van der Waals surface area contributed by atoms with Crippen LogP contribution in [0.1, 0.15) is 21.7 Å². The summed E-state index contributed by atoms with van der Waals surface area (Å²) < 4.78 is 33.2. The summed E-state index contributed by atoms with van der Waals surface area (Å²) in [6, 6.07) is 10.8. The minimum absolute atomic E-state index is 0.0269. The Bertz CT molecular complexity index is 1030. The zero-order valence-corrected chi connectivity index (χ0v) is 13.8. The van der Waals surface area contributed by atoms with Gasteiger partial charge in [0.15, 0.2) is 0 Å². The number of carbonyl (C=O) groups is 1. The van der Waals surface area contributed by atoms with E-state index in [1.54, 1.807) is 31.2 Å². The molecule has 0 unspecified atom stereocenters. The van der Waals surface area contributed by atoms with E-state index >= 15 is 0 Å². The molecule has 3 aromatic rings. The maximum atomic E-state index is 13.6. The highest BCUT2D eigenvalue weighted by Gasteiger charge is 2.10. The standard InChI is InChI=1S/C19H14F2N2O3/c1-12-22-18(26-11-14-5-6-15(20)8-17(14)21)9-19(25)23(12)16-4-2-3-13(7-16)10-24/h2-10H,11H2,1H3. The fourth-order valence-electron chi connectivity index (χ4n) is 2.49. The van der Waals surface area contributed by atoms with E-state index in [1.165, 1.54) is 16.7 Å². The normalized spacial score (nSPS) is 10.6. The maximum Gasteiger partial charge on any atom is 0.261 e. The molecular formula is C19H14F2N2O3. The Balaban J connectivity index is 1.87. The zero-order chi connectivity index (χ0) is 18.7. The van der Waals surface area contributed by atoms with E-state index in [0.29, 0.717) is 23.4 Å². The lowest BCUT2D eigenvalue weighted by atomic mass is 10.2. The van der Waals surface area contributed by atoms with Crippen molar-refractivity contribution in [3.63, 3.8) is 0 Å². The van der Waals surface area contributed by atoms with Crippen LogP contribution >= 0.6 is 0 Å². The maximum absolute atomic E-state index is 13.6. The molecule has 1 heterocycles. The van der Waals surface area contributed by atoms with Gasteiger partial charge in [-0.3, -0.25) is 14.2 Å². The molecule has 0 aliphatic carbocycles. The predicted molar refractivity (Wildman–Crippen MR) is 90.6 cm³/mol. The fourth-order valence-corrected chi connectivity index (χ4v) is 2.49. The molecule has 3 rings (SSSR count). The third-order valence-electron chi connectivity index (χ3n) is 3.72. The molecule has 5 nitrogen and oxygen atoms in total. The zero-order valence-electron chi connectivity index (χ0n) is 13.8. The Morgan fingerprint density at radius 3 is 2.65 bits per heavy atom. The van der Waals surface area contributed by atoms with Gasteiger partial charge in [0.05, 0.1) is 11.8 Å². The van der Waals surface area contributed by atoms with Crippen molar-refractivity contribution >= 4 is 6.29 Å². The van der Waals surface area contributed by atoms with Crippen LogP contribution in [0.5, 0.6) is 5.88 Å². The van der Waals surface area contributed by atoms with Gasteiger partial charge < -0.3 is 4.74 Å². The van der Waals surface area contributed by atoms with Crippen molar-refractivity contribution in [2.45, 2.75) is 13.5 Å². The highest BCUT2D eigenvalue weighted by atomic mass is 19.1. The van der Waals surface area contributed by atoms with Crippen molar-refractivity contribution in [3.8, 4) is 11.6 Å². The molecule has 2 aromatic carbocycles. The molecule has 0 radical (unpaired) electrons. The number of ether oxygens (including phenoxy) is 1. The number of halogens is 2. The Hall–Kier alpha value is -3.35. The summed E-state index contributed by atoms with van der Waals surface area (Å²) in [6.07, 6.45) is 0.687. The van der Waals surface area contributed by atoms with Gasteiger partial charge in [-0.2, -0.15) is 4.98 Å². The van der Waals surface area contributed by atoms with E-state index in [2.05, 4.69) is 4.98 Å². The molecule has 0 N–H and O–H groups in total. The molecule has 0 bridgehead atoms. The van der Waals surface area contributed by atoms with Gasteiger partial charge in [0.1, 0.15) is 30.4 Å². The van der Waals surface area contributed by atoms with E-state index in [0.717, 1.165) is 12.1 Å². The SMILES string of the molecule is Cc1nc(OCc2ccc(F)cc2F)cc(=O)n1-c1cccc(C=O)c1. The summed E-state index contributed by atoms with van der Waals surface area (Å²) in [5.74, 6) is -1.05. The van der Waals surface area contributed by atoms with Crippen LogP contribution in [0.25, 0.3) is 5.69 Å². The summed E-state index contributed by atoms with van der Waals surface area (Å²) in [6.45, 7) is 1.42. The lowest BCUT2D eigenvalue weighted by Crippen LogP contribution is -2.22. The Kier molecular flexibility index (Phi) is 4.88. The quantitative estimate of drug-likeness (QED) is 0.659. The van der Waals surface area contributed by atoms with Gasteiger partial charge >= 0.3 is 0 Å². The first-order valence-corrected chi connectivity index (χ1v) is 7.71. The van der Waals surface area contributed by atoms with E-state index in [-0.39, 0.29) is 18.1 Å². The summed E-state index contributed by atoms with van der Waals surface area (Å²) in [4.78, 5) is 27.5. The van der Waals surface area contributed by atoms with E-state index in [4.69, 9.17) is 4.74 Å².